The van der Waals surface area contributed by atoms with Gasteiger partial charge in [0.15, 0.2) is 11.5 Å². The number of aromatic amines is 2. The first-order chi connectivity index (χ1) is 7.81. The van der Waals surface area contributed by atoms with Gasteiger partial charge in [-0.2, -0.15) is 5.10 Å². The third-order valence-electron chi connectivity index (χ3n) is 2.36. The van der Waals surface area contributed by atoms with E-state index >= 15 is 0 Å². The van der Waals surface area contributed by atoms with Gasteiger partial charge < -0.3 is 9.47 Å². The van der Waals surface area contributed by atoms with Gasteiger partial charge in [0.1, 0.15) is 5.82 Å². The fraction of sp³-hybridized carbons (Fsp3) is 0.200. The van der Waals surface area contributed by atoms with Crippen molar-refractivity contribution in [2.75, 3.05) is 6.79 Å². The molecule has 0 radical (unpaired) electrons. The Morgan fingerprint density at radius 2 is 2.19 bits per heavy atom. The molecule has 0 saturated carbocycles. The molecular formula is C10H9N3O3. The average Bonchev–Trinajstić information content (AvgIpc) is 2.87. The molecule has 0 saturated heterocycles. The van der Waals surface area contributed by atoms with Crippen molar-refractivity contribution in [3.05, 3.63) is 40.1 Å². The number of hydrogen-bond donors (Lipinski definition) is 2. The van der Waals surface area contributed by atoms with Crippen molar-refractivity contribution in [1.29, 1.82) is 0 Å². The van der Waals surface area contributed by atoms with E-state index in [1.54, 1.807) is 0 Å². The summed E-state index contributed by atoms with van der Waals surface area (Å²) in [5.74, 6) is 2.08. The van der Waals surface area contributed by atoms with E-state index in [4.69, 9.17) is 9.47 Å². The summed E-state index contributed by atoms with van der Waals surface area (Å²) in [6.07, 6.45) is 0.551. The molecule has 2 N–H and O–H groups in total. The van der Waals surface area contributed by atoms with Crippen LogP contribution in [0, 0.1) is 0 Å². The Hall–Kier alpha value is -2.24. The molecule has 6 heteroatoms. The van der Waals surface area contributed by atoms with Crippen LogP contribution in [-0.2, 0) is 6.42 Å². The number of fused-ring (bicyclic) bond motifs is 1. The Bertz CT molecular complexity index is 573. The number of ether oxygens (including phenoxy) is 2. The monoisotopic (exact) mass is 219 g/mol. The zero-order valence-electron chi connectivity index (χ0n) is 8.32. The topological polar surface area (TPSA) is 80.0 Å². The van der Waals surface area contributed by atoms with E-state index < -0.39 is 0 Å². The predicted molar refractivity (Wildman–Crippen MR) is 54.6 cm³/mol. The number of H-pyrrole nitrogens is 2. The second-order valence-electron chi connectivity index (χ2n) is 3.49. The minimum Gasteiger partial charge on any atom is -0.454 e. The molecule has 0 spiro atoms. The van der Waals surface area contributed by atoms with Gasteiger partial charge in [0.2, 0.25) is 6.79 Å². The third-order valence-corrected chi connectivity index (χ3v) is 2.36. The van der Waals surface area contributed by atoms with Gasteiger partial charge in [-0.25, -0.2) is 9.89 Å². The van der Waals surface area contributed by atoms with Gasteiger partial charge in [-0.1, -0.05) is 6.07 Å². The lowest BCUT2D eigenvalue weighted by Crippen LogP contribution is -2.01. The predicted octanol–water partition coefficient (Wildman–Crippen LogP) is 0.417. The first-order valence-electron chi connectivity index (χ1n) is 4.83. The second kappa shape index (κ2) is 3.41. The Labute approximate surface area is 90.2 Å². The smallest absolute Gasteiger partial charge is 0.340 e. The maximum Gasteiger partial charge on any atom is 0.340 e. The van der Waals surface area contributed by atoms with Gasteiger partial charge in [-0.15, -0.1) is 0 Å². The van der Waals surface area contributed by atoms with Crippen LogP contribution in [-0.4, -0.2) is 22.0 Å². The quantitative estimate of drug-likeness (QED) is 0.767. The second-order valence-corrected chi connectivity index (χ2v) is 3.49. The Kier molecular flexibility index (Phi) is 1.92. The number of rotatable bonds is 2. The lowest BCUT2D eigenvalue weighted by atomic mass is 10.1. The summed E-state index contributed by atoms with van der Waals surface area (Å²) in [6.45, 7) is 0.262. The van der Waals surface area contributed by atoms with Gasteiger partial charge in [-0.05, 0) is 17.7 Å². The number of hydrogen-bond acceptors (Lipinski definition) is 4. The molecule has 1 aliphatic heterocycles. The molecule has 0 bridgehead atoms. The molecular weight excluding hydrogens is 210 g/mol. The SMILES string of the molecule is O=c1[nH]nc(Cc2ccc3c(c2)OCO3)[nH]1. The van der Waals surface area contributed by atoms with Crippen molar-refractivity contribution in [3.8, 4) is 11.5 Å². The zero-order chi connectivity index (χ0) is 11.0. The lowest BCUT2D eigenvalue weighted by molar-refractivity contribution is 0.174. The van der Waals surface area contributed by atoms with Gasteiger partial charge in [-0.3, -0.25) is 4.98 Å². The van der Waals surface area contributed by atoms with Crippen molar-refractivity contribution in [2.24, 2.45) is 0 Å². The molecule has 2 aromatic rings. The van der Waals surface area contributed by atoms with Crippen molar-refractivity contribution < 1.29 is 9.47 Å². The molecule has 16 heavy (non-hydrogen) atoms. The standard InChI is InChI=1S/C10H9N3O3/c14-10-11-9(12-13-10)4-6-1-2-7-8(3-6)16-5-15-7/h1-3H,4-5H2,(H2,11,12,13,14). The summed E-state index contributed by atoms with van der Waals surface area (Å²) in [7, 11) is 0. The molecule has 0 amide bonds. The van der Waals surface area contributed by atoms with Crippen LogP contribution in [0.1, 0.15) is 11.4 Å². The van der Waals surface area contributed by atoms with E-state index in [1.807, 2.05) is 18.2 Å². The van der Waals surface area contributed by atoms with Crippen LogP contribution < -0.4 is 15.2 Å². The molecule has 6 nitrogen and oxygen atoms in total. The normalized spacial score (nSPS) is 13.0. The molecule has 2 heterocycles. The maximum absolute atomic E-state index is 10.8. The minimum absolute atomic E-state index is 0.262. The molecule has 82 valence electrons. The summed E-state index contributed by atoms with van der Waals surface area (Å²) >= 11 is 0. The fourth-order valence-electron chi connectivity index (χ4n) is 1.63. The molecule has 1 aliphatic rings. The summed E-state index contributed by atoms with van der Waals surface area (Å²) in [5.41, 5.74) is 0.711. The fourth-order valence-corrected chi connectivity index (χ4v) is 1.63. The number of nitrogens with one attached hydrogen (secondary N) is 2. The van der Waals surface area contributed by atoms with Crippen molar-refractivity contribution in [1.82, 2.24) is 15.2 Å². The summed E-state index contributed by atoms with van der Waals surface area (Å²) in [4.78, 5) is 13.4. The molecule has 0 unspecified atom stereocenters. The van der Waals surface area contributed by atoms with Gasteiger partial charge in [0.25, 0.3) is 0 Å². The first-order valence-corrected chi connectivity index (χ1v) is 4.83. The van der Waals surface area contributed by atoms with Crippen molar-refractivity contribution in [3.63, 3.8) is 0 Å². The van der Waals surface area contributed by atoms with Crippen LogP contribution in [0.15, 0.2) is 23.0 Å². The highest BCUT2D eigenvalue weighted by molar-refractivity contribution is 5.44. The first kappa shape index (κ1) is 9.02. The summed E-state index contributed by atoms with van der Waals surface area (Å²) < 4.78 is 10.5. The number of aromatic nitrogens is 3. The van der Waals surface area contributed by atoms with E-state index in [2.05, 4.69) is 15.2 Å². The van der Waals surface area contributed by atoms with E-state index in [9.17, 15) is 4.79 Å². The number of nitrogens with zero attached hydrogens (tertiary/aromatic N) is 1. The zero-order valence-corrected chi connectivity index (χ0v) is 8.32. The molecule has 1 aromatic carbocycles. The highest BCUT2D eigenvalue weighted by Gasteiger charge is 2.13. The van der Waals surface area contributed by atoms with Gasteiger partial charge in [0, 0.05) is 6.42 Å². The highest BCUT2D eigenvalue weighted by atomic mass is 16.7. The van der Waals surface area contributed by atoms with Crippen LogP contribution in [0.5, 0.6) is 11.5 Å². The van der Waals surface area contributed by atoms with E-state index in [-0.39, 0.29) is 12.5 Å². The third kappa shape index (κ3) is 1.54. The maximum atomic E-state index is 10.8. The Morgan fingerprint density at radius 3 is 3.00 bits per heavy atom. The van der Waals surface area contributed by atoms with Gasteiger partial charge >= 0.3 is 5.69 Å². The largest absolute Gasteiger partial charge is 0.454 e. The molecule has 0 fully saturated rings. The average molecular weight is 219 g/mol. The molecule has 0 atom stereocenters. The van der Waals surface area contributed by atoms with Crippen LogP contribution in [0.25, 0.3) is 0 Å². The van der Waals surface area contributed by atoms with Crippen LogP contribution in [0.3, 0.4) is 0 Å². The van der Waals surface area contributed by atoms with Crippen molar-refractivity contribution >= 4 is 0 Å². The Morgan fingerprint density at radius 1 is 1.31 bits per heavy atom. The van der Waals surface area contributed by atoms with E-state index in [0.29, 0.717) is 12.2 Å². The summed E-state index contributed by atoms with van der Waals surface area (Å²) in [5, 5.41) is 6.16. The lowest BCUT2D eigenvalue weighted by Gasteiger charge is -2.00. The van der Waals surface area contributed by atoms with Crippen LogP contribution >= 0.6 is 0 Å². The minimum atomic E-state index is -0.296. The van der Waals surface area contributed by atoms with E-state index in [0.717, 1.165) is 17.1 Å². The molecule has 3 rings (SSSR count). The van der Waals surface area contributed by atoms with Crippen LogP contribution in [0.4, 0.5) is 0 Å². The van der Waals surface area contributed by atoms with E-state index in [1.165, 1.54) is 0 Å². The summed E-state index contributed by atoms with van der Waals surface area (Å²) in [6, 6.07) is 5.65. The molecule has 0 aliphatic carbocycles. The highest BCUT2D eigenvalue weighted by Crippen LogP contribution is 2.32. The molecule has 1 aromatic heterocycles. The van der Waals surface area contributed by atoms with Crippen molar-refractivity contribution in [2.45, 2.75) is 6.42 Å². The number of benzene rings is 1. The Balaban J connectivity index is 1.88. The van der Waals surface area contributed by atoms with Crippen LogP contribution in [0.2, 0.25) is 0 Å². The van der Waals surface area contributed by atoms with Gasteiger partial charge in [0.05, 0.1) is 0 Å².